The lowest BCUT2D eigenvalue weighted by atomic mass is 10.00. The second kappa shape index (κ2) is 4.49. The Labute approximate surface area is 102 Å². The first-order valence-electron chi connectivity index (χ1n) is 6.36. The third kappa shape index (κ3) is 2.07. The van der Waals surface area contributed by atoms with Crippen molar-refractivity contribution in [3.63, 3.8) is 0 Å². The zero-order valence-electron chi connectivity index (χ0n) is 9.92. The van der Waals surface area contributed by atoms with Gasteiger partial charge in [0.15, 0.2) is 0 Å². The van der Waals surface area contributed by atoms with Crippen LogP contribution >= 0.6 is 0 Å². The molecule has 1 N–H and O–H groups in total. The standard InChI is InChI=1S/C14H18N2O/c17-15-12-8-13-6-7-14(9-12)16(13)10-11-4-2-1-3-5-11/h1-5,13-14,17H,6-10H2/t13-,14-/m1/s1. The summed E-state index contributed by atoms with van der Waals surface area (Å²) in [5, 5.41) is 12.3. The van der Waals surface area contributed by atoms with Gasteiger partial charge in [0, 0.05) is 31.5 Å². The summed E-state index contributed by atoms with van der Waals surface area (Å²) in [7, 11) is 0. The summed E-state index contributed by atoms with van der Waals surface area (Å²) in [5.41, 5.74) is 2.37. The van der Waals surface area contributed by atoms with Crippen molar-refractivity contribution >= 4 is 5.71 Å². The molecule has 90 valence electrons. The maximum Gasteiger partial charge on any atom is 0.0601 e. The Bertz CT molecular complexity index is 399. The average molecular weight is 230 g/mol. The predicted molar refractivity (Wildman–Crippen MR) is 67.3 cm³/mol. The topological polar surface area (TPSA) is 35.8 Å². The number of rotatable bonds is 2. The van der Waals surface area contributed by atoms with Crippen LogP contribution in [0.25, 0.3) is 0 Å². The fraction of sp³-hybridized carbons (Fsp3) is 0.500. The molecule has 2 saturated heterocycles. The van der Waals surface area contributed by atoms with Crippen molar-refractivity contribution in [2.75, 3.05) is 0 Å². The van der Waals surface area contributed by atoms with E-state index in [9.17, 15) is 0 Å². The SMILES string of the molecule is ON=C1C[C@H]2CC[C@H](C1)N2Cc1ccccc1. The molecule has 17 heavy (non-hydrogen) atoms. The number of piperidine rings is 1. The summed E-state index contributed by atoms with van der Waals surface area (Å²) >= 11 is 0. The van der Waals surface area contributed by atoms with Gasteiger partial charge < -0.3 is 5.21 Å². The Hall–Kier alpha value is -1.35. The first-order chi connectivity index (χ1) is 8.36. The third-order valence-electron chi connectivity index (χ3n) is 4.06. The molecule has 1 aromatic rings. The molecule has 3 rings (SSSR count). The van der Waals surface area contributed by atoms with Crippen LogP contribution in [0.5, 0.6) is 0 Å². The number of fused-ring (bicyclic) bond motifs is 2. The molecule has 2 heterocycles. The van der Waals surface area contributed by atoms with Crippen molar-refractivity contribution in [1.82, 2.24) is 4.90 Å². The molecule has 0 radical (unpaired) electrons. The molecule has 3 nitrogen and oxygen atoms in total. The van der Waals surface area contributed by atoms with Crippen molar-refractivity contribution in [2.24, 2.45) is 5.16 Å². The molecule has 0 saturated carbocycles. The minimum absolute atomic E-state index is 0.583. The molecule has 2 bridgehead atoms. The van der Waals surface area contributed by atoms with Crippen LogP contribution in [0.1, 0.15) is 31.2 Å². The monoisotopic (exact) mass is 230 g/mol. The van der Waals surface area contributed by atoms with Crippen LogP contribution in [0.4, 0.5) is 0 Å². The second-order valence-corrected chi connectivity index (χ2v) is 5.12. The first kappa shape index (κ1) is 10.8. The minimum atomic E-state index is 0.583. The van der Waals surface area contributed by atoms with Crippen LogP contribution in [0.2, 0.25) is 0 Å². The minimum Gasteiger partial charge on any atom is -0.411 e. The molecule has 0 aliphatic carbocycles. The van der Waals surface area contributed by atoms with E-state index >= 15 is 0 Å². The number of hydrogen-bond acceptors (Lipinski definition) is 3. The van der Waals surface area contributed by atoms with Crippen molar-refractivity contribution in [2.45, 2.75) is 44.3 Å². The van der Waals surface area contributed by atoms with Crippen molar-refractivity contribution in [3.8, 4) is 0 Å². The number of hydrogen-bond donors (Lipinski definition) is 1. The molecular weight excluding hydrogens is 212 g/mol. The van der Waals surface area contributed by atoms with Gasteiger partial charge in [-0.3, -0.25) is 4.90 Å². The fourth-order valence-electron chi connectivity index (χ4n) is 3.21. The van der Waals surface area contributed by atoms with E-state index in [1.165, 1.54) is 18.4 Å². The zero-order chi connectivity index (χ0) is 11.7. The quantitative estimate of drug-likeness (QED) is 0.626. The lowest BCUT2D eigenvalue weighted by Gasteiger charge is -2.35. The van der Waals surface area contributed by atoms with Gasteiger partial charge in [-0.2, -0.15) is 0 Å². The molecule has 2 aliphatic heterocycles. The normalized spacial score (nSPS) is 28.4. The van der Waals surface area contributed by atoms with Crippen molar-refractivity contribution in [1.29, 1.82) is 0 Å². The third-order valence-corrected chi connectivity index (χ3v) is 4.06. The van der Waals surface area contributed by atoms with Gasteiger partial charge in [0.05, 0.1) is 5.71 Å². The van der Waals surface area contributed by atoms with Gasteiger partial charge in [0.1, 0.15) is 0 Å². The Morgan fingerprint density at radius 1 is 1.12 bits per heavy atom. The van der Waals surface area contributed by atoms with Crippen LogP contribution in [0.15, 0.2) is 35.5 Å². The van der Waals surface area contributed by atoms with E-state index in [1.54, 1.807) is 0 Å². The van der Waals surface area contributed by atoms with Crippen LogP contribution in [0.3, 0.4) is 0 Å². The van der Waals surface area contributed by atoms with Gasteiger partial charge in [0.25, 0.3) is 0 Å². The smallest absolute Gasteiger partial charge is 0.0601 e. The van der Waals surface area contributed by atoms with E-state index < -0.39 is 0 Å². The molecule has 2 atom stereocenters. The van der Waals surface area contributed by atoms with Crippen LogP contribution in [-0.4, -0.2) is 27.9 Å². The van der Waals surface area contributed by atoms with E-state index in [2.05, 4.69) is 40.4 Å². The molecule has 1 aromatic carbocycles. The molecule has 2 aliphatic rings. The highest BCUT2D eigenvalue weighted by molar-refractivity contribution is 5.86. The van der Waals surface area contributed by atoms with E-state index in [1.807, 2.05) is 0 Å². The average Bonchev–Trinajstić information content (AvgIpc) is 2.63. The summed E-state index contributed by atoms with van der Waals surface area (Å²) in [5.74, 6) is 0. The lowest BCUT2D eigenvalue weighted by molar-refractivity contribution is 0.171. The number of oxime groups is 1. The largest absolute Gasteiger partial charge is 0.411 e. The molecule has 3 heteroatoms. The molecule has 0 spiro atoms. The first-order valence-corrected chi connectivity index (χ1v) is 6.36. The summed E-state index contributed by atoms with van der Waals surface area (Å²) in [6.45, 7) is 1.04. The van der Waals surface area contributed by atoms with E-state index in [4.69, 9.17) is 5.21 Å². The van der Waals surface area contributed by atoms with Crippen LogP contribution < -0.4 is 0 Å². The summed E-state index contributed by atoms with van der Waals surface area (Å²) in [4.78, 5) is 2.59. The molecule has 2 fully saturated rings. The maximum absolute atomic E-state index is 8.90. The highest BCUT2D eigenvalue weighted by Gasteiger charge is 2.39. The Morgan fingerprint density at radius 2 is 1.76 bits per heavy atom. The van der Waals surface area contributed by atoms with Crippen molar-refractivity contribution in [3.05, 3.63) is 35.9 Å². The van der Waals surface area contributed by atoms with Crippen LogP contribution in [0, 0.1) is 0 Å². The molecule has 0 aromatic heterocycles. The van der Waals surface area contributed by atoms with Gasteiger partial charge in [-0.15, -0.1) is 0 Å². The van der Waals surface area contributed by atoms with Gasteiger partial charge in [-0.25, -0.2) is 0 Å². The predicted octanol–water partition coefficient (Wildman–Crippen LogP) is 2.64. The zero-order valence-corrected chi connectivity index (χ0v) is 9.92. The van der Waals surface area contributed by atoms with Gasteiger partial charge in [-0.1, -0.05) is 35.5 Å². The lowest BCUT2D eigenvalue weighted by Crippen LogP contribution is -2.42. The van der Waals surface area contributed by atoms with E-state index in [-0.39, 0.29) is 0 Å². The van der Waals surface area contributed by atoms with Crippen molar-refractivity contribution < 1.29 is 5.21 Å². The highest BCUT2D eigenvalue weighted by Crippen LogP contribution is 2.35. The van der Waals surface area contributed by atoms with Gasteiger partial charge in [-0.05, 0) is 18.4 Å². The number of nitrogens with zero attached hydrogens (tertiary/aromatic N) is 2. The van der Waals surface area contributed by atoms with Gasteiger partial charge >= 0.3 is 0 Å². The summed E-state index contributed by atoms with van der Waals surface area (Å²) in [6.07, 6.45) is 4.38. The van der Waals surface area contributed by atoms with Crippen LogP contribution in [-0.2, 0) is 6.54 Å². The van der Waals surface area contributed by atoms with E-state index in [0.717, 1.165) is 25.1 Å². The van der Waals surface area contributed by atoms with E-state index in [0.29, 0.717) is 12.1 Å². The number of benzene rings is 1. The van der Waals surface area contributed by atoms with Gasteiger partial charge in [0.2, 0.25) is 0 Å². The maximum atomic E-state index is 8.90. The summed E-state index contributed by atoms with van der Waals surface area (Å²) in [6, 6.07) is 11.8. The Morgan fingerprint density at radius 3 is 2.35 bits per heavy atom. The molecular formula is C14H18N2O. The molecule has 0 unspecified atom stereocenters. The summed E-state index contributed by atoms with van der Waals surface area (Å²) < 4.78 is 0. The molecule has 0 amide bonds. The highest BCUT2D eigenvalue weighted by atomic mass is 16.4. The Balaban J connectivity index is 1.74. The second-order valence-electron chi connectivity index (χ2n) is 5.12. The fourth-order valence-corrected chi connectivity index (χ4v) is 3.21. The Kier molecular flexibility index (Phi) is 2.85.